The van der Waals surface area contributed by atoms with Crippen LogP contribution in [0.15, 0.2) is 29.5 Å². The van der Waals surface area contributed by atoms with Gasteiger partial charge in [0.2, 0.25) is 0 Å². The molecule has 3 aromatic rings. The average Bonchev–Trinajstić information content (AvgIpc) is 3.26. The van der Waals surface area contributed by atoms with E-state index in [1.165, 1.54) is 23.2 Å². The van der Waals surface area contributed by atoms with Gasteiger partial charge in [-0.2, -0.15) is 0 Å². The Morgan fingerprint density at radius 3 is 3.15 bits per heavy atom. The van der Waals surface area contributed by atoms with Crippen molar-refractivity contribution in [3.8, 4) is 0 Å². The third-order valence-corrected chi connectivity index (χ3v) is 5.01. The van der Waals surface area contributed by atoms with E-state index in [9.17, 15) is 4.79 Å². The van der Waals surface area contributed by atoms with Crippen LogP contribution >= 0.6 is 11.3 Å². The summed E-state index contributed by atoms with van der Waals surface area (Å²) in [7, 11) is 0. The third kappa shape index (κ3) is 3.41. The molecule has 0 unspecified atom stereocenters. The second kappa shape index (κ2) is 7.17. The van der Waals surface area contributed by atoms with E-state index >= 15 is 0 Å². The smallest absolute Gasteiger partial charge is 0.306 e. The molecule has 3 heterocycles. The van der Waals surface area contributed by atoms with E-state index in [0.29, 0.717) is 30.8 Å². The van der Waals surface area contributed by atoms with Crippen LogP contribution < -0.4 is 5.32 Å². The van der Waals surface area contributed by atoms with Gasteiger partial charge in [0, 0.05) is 18.3 Å². The van der Waals surface area contributed by atoms with Crippen molar-refractivity contribution in [1.82, 2.24) is 15.0 Å². The molecule has 2 aromatic heterocycles. The summed E-state index contributed by atoms with van der Waals surface area (Å²) in [6.45, 7) is 2.93. The highest BCUT2D eigenvalue weighted by atomic mass is 32.1. The van der Waals surface area contributed by atoms with Gasteiger partial charge < -0.3 is 10.1 Å². The van der Waals surface area contributed by atoms with E-state index in [4.69, 9.17) is 4.74 Å². The van der Waals surface area contributed by atoms with Gasteiger partial charge in [-0.05, 0) is 30.2 Å². The Kier molecular flexibility index (Phi) is 4.57. The Morgan fingerprint density at radius 1 is 1.35 bits per heavy atom. The Balaban J connectivity index is 1.55. The van der Waals surface area contributed by atoms with Crippen LogP contribution in [0.4, 0.5) is 11.5 Å². The molecule has 132 valence electrons. The van der Waals surface area contributed by atoms with Crippen LogP contribution in [0.3, 0.4) is 0 Å². The molecule has 0 aliphatic carbocycles. The fourth-order valence-electron chi connectivity index (χ4n) is 2.75. The summed E-state index contributed by atoms with van der Waals surface area (Å²) in [5.74, 6) is 0.444. The molecule has 1 aliphatic rings. The molecule has 0 amide bonds. The third-order valence-electron chi connectivity index (χ3n) is 3.99. The monoisotopic (exact) mass is 367 g/mol. The van der Waals surface area contributed by atoms with Gasteiger partial charge in [-0.1, -0.05) is 17.4 Å². The summed E-state index contributed by atoms with van der Waals surface area (Å²) in [4.78, 5) is 29.8. The van der Waals surface area contributed by atoms with Gasteiger partial charge in [0.15, 0.2) is 5.82 Å². The number of nitrogens with zero attached hydrogens (tertiary/aromatic N) is 4. The van der Waals surface area contributed by atoms with E-state index in [1.54, 1.807) is 6.92 Å². The number of aliphatic imine (C=N–C) groups is 1. The zero-order chi connectivity index (χ0) is 17.9. The maximum atomic E-state index is 11.5. The predicted molar refractivity (Wildman–Crippen MR) is 101 cm³/mol. The number of nitrogens with one attached hydrogen (secondary N) is 1. The summed E-state index contributed by atoms with van der Waals surface area (Å²) < 4.78 is 4.96. The second-order valence-corrected chi connectivity index (χ2v) is 6.86. The Hall–Kier alpha value is -2.87. The predicted octanol–water partition coefficient (Wildman–Crippen LogP) is 3.26. The number of aromatic nitrogens is 3. The van der Waals surface area contributed by atoms with E-state index < -0.39 is 0 Å². The van der Waals surface area contributed by atoms with Crippen molar-refractivity contribution >= 4 is 45.4 Å². The number of hydrogen-bond donors (Lipinski definition) is 1. The van der Waals surface area contributed by atoms with Crippen LogP contribution in [0, 0.1) is 0 Å². The lowest BCUT2D eigenvalue weighted by Crippen LogP contribution is -2.04. The molecule has 1 aromatic carbocycles. The molecule has 1 aliphatic heterocycles. The van der Waals surface area contributed by atoms with Gasteiger partial charge in [-0.15, -0.1) is 0 Å². The minimum atomic E-state index is -0.212. The molecule has 0 spiro atoms. The minimum Gasteiger partial charge on any atom is -0.466 e. The van der Waals surface area contributed by atoms with Gasteiger partial charge in [0.1, 0.15) is 16.7 Å². The molecule has 1 N–H and O–H groups in total. The van der Waals surface area contributed by atoms with Crippen molar-refractivity contribution < 1.29 is 9.53 Å². The SMILES string of the molecule is CCOC(=O)CCc1nc2c(Nc3ccc4c(c3)C=NC4)ncnc2s1. The molecular weight excluding hydrogens is 350 g/mol. The number of fused-ring (bicyclic) bond motifs is 2. The first-order valence-corrected chi connectivity index (χ1v) is 9.20. The number of benzene rings is 1. The van der Waals surface area contributed by atoms with Gasteiger partial charge in [0.05, 0.1) is 24.6 Å². The van der Waals surface area contributed by atoms with E-state index in [2.05, 4.69) is 31.3 Å². The van der Waals surface area contributed by atoms with Gasteiger partial charge in [-0.3, -0.25) is 9.79 Å². The van der Waals surface area contributed by atoms with E-state index in [1.807, 2.05) is 18.3 Å². The van der Waals surface area contributed by atoms with E-state index in [-0.39, 0.29) is 5.97 Å². The van der Waals surface area contributed by atoms with Crippen molar-refractivity contribution in [3.63, 3.8) is 0 Å². The molecule has 8 heteroatoms. The largest absolute Gasteiger partial charge is 0.466 e. The maximum absolute atomic E-state index is 11.5. The Bertz CT molecular complexity index is 998. The molecule has 26 heavy (non-hydrogen) atoms. The van der Waals surface area contributed by atoms with Crippen molar-refractivity contribution in [2.45, 2.75) is 26.3 Å². The Morgan fingerprint density at radius 2 is 2.27 bits per heavy atom. The number of aryl methyl sites for hydroxylation is 1. The standard InChI is InChI=1S/C18H17N5O2S/c1-2-25-15(24)6-5-14-23-16-17(20-10-21-18(16)26-14)22-13-4-3-11-8-19-9-12(11)7-13/h3-4,7,9-10H,2,5-6,8H2,1H3,(H,20,21,22). The topological polar surface area (TPSA) is 89.4 Å². The normalized spacial score (nSPS) is 12.3. The van der Waals surface area contributed by atoms with Gasteiger partial charge in [0.25, 0.3) is 0 Å². The average molecular weight is 367 g/mol. The number of rotatable bonds is 6. The number of carbonyl (C=O) groups excluding carboxylic acids is 1. The molecular formula is C18H17N5O2S. The number of hydrogen-bond acceptors (Lipinski definition) is 8. The number of ether oxygens (including phenoxy) is 1. The molecule has 4 rings (SSSR count). The molecule has 7 nitrogen and oxygen atoms in total. The van der Waals surface area contributed by atoms with Crippen LogP contribution in [0.2, 0.25) is 0 Å². The highest BCUT2D eigenvalue weighted by Gasteiger charge is 2.13. The van der Waals surface area contributed by atoms with Crippen molar-refractivity contribution in [1.29, 1.82) is 0 Å². The van der Waals surface area contributed by atoms with Crippen molar-refractivity contribution in [3.05, 3.63) is 40.7 Å². The van der Waals surface area contributed by atoms with Gasteiger partial charge in [-0.25, -0.2) is 15.0 Å². The first-order valence-electron chi connectivity index (χ1n) is 8.38. The summed E-state index contributed by atoms with van der Waals surface area (Å²) >= 11 is 1.47. The fourth-order valence-corrected chi connectivity index (χ4v) is 3.66. The first-order chi connectivity index (χ1) is 12.7. The van der Waals surface area contributed by atoms with Crippen LogP contribution in [0.25, 0.3) is 10.3 Å². The number of anilines is 2. The lowest BCUT2D eigenvalue weighted by Gasteiger charge is -2.07. The lowest BCUT2D eigenvalue weighted by molar-refractivity contribution is -0.143. The maximum Gasteiger partial charge on any atom is 0.306 e. The van der Waals surface area contributed by atoms with Gasteiger partial charge >= 0.3 is 5.97 Å². The lowest BCUT2D eigenvalue weighted by atomic mass is 10.1. The van der Waals surface area contributed by atoms with Crippen LogP contribution in [0.5, 0.6) is 0 Å². The summed E-state index contributed by atoms with van der Waals surface area (Å²) in [6, 6.07) is 6.12. The second-order valence-electron chi connectivity index (χ2n) is 5.80. The zero-order valence-electron chi connectivity index (χ0n) is 14.2. The highest BCUT2D eigenvalue weighted by molar-refractivity contribution is 7.18. The van der Waals surface area contributed by atoms with Crippen molar-refractivity contribution in [2.24, 2.45) is 4.99 Å². The first kappa shape index (κ1) is 16.6. The fraction of sp³-hybridized carbons (Fsp3) is 0.278. The minimum absolute atomic E-state index is 0.212. The highest BCUT2D eigenvalue weighted by Crippen LogP contribution is 2.28. The summed E-state index contributed by atoms with van der Waals surface area (Å²) in [6.07, 6.45) is 4.25. The summed E-state index contributed by atoms with van der Waals surface area (Å²) in [5.41, 5.74) is 3.98. The van der Waals surface area contributed by atoms with Crippen molar-refractivity contribution in [2.75, 3.05) is 11.9 Å². The molecule has 0 bridgehead atoms. The molecule has 0 atom stereocenters. The van der Waals surface area contributed by atoms with Crippen LogP contribution in [-0.2, 0) is 22.5 Å². The quantitative estimate of drug-likeness (QED) is 0.673. The Labute approximate surface area is 154 Å². The molecule has 0 radical (unpaired) electrons. The van der Waals surface area contributed by atoms with E-state index in [0.717, 1.165) is 27.6 Å². The number of carbonyl (C=O) groups is 1. The molecule has 0 saturated carbocycles. The molecule has 0 saturated heterocycles. The number of thiazole rings is 1. The van der Waals surface area contributed by atoms with Crippen LogP contribution in [0.1, 0.15) is 29.5 Å². The summed E-state index contributed by atoms with van der Waals surface area (Å²) in [5, 5.41) is 4.16. The zero-order valence-corrected chi connectivity index (χ0v) is 15.0. The van der Waals surface area contributed by atoms with Crippen LogP contribution in [-0.4, -0.2) is 33.7 Å². The molecule has 0 fully saturated rings. The number of esters is 1.